The SMILES string of the molecule is CCNC(c1cc(Br)cs1)c1cnnn1C. The number of halogens is 1. The standard InChI is InChI=1S/C10H13BrN4S/c1-3-12-10(8-5-13-14-15(8)2)9-4-7(11)6-16-9/h4-6,10,12H,3H2,1-2H3. The molecule has 1 N–H and O–H groups in total. The Balaban J connectivity index is 2.34. The third-order valence-electron chi connectivity index (χ3n) is 2.33. The molecule has 0 spiro atoms. The maximum absolute atomic E-state index is 3.97. The first-order valence-electron chi connectivity index (χ1n) is 5.04. The van der Waals surface area contributed by atoms with Crippen molar-refractivity contribution >= 4 is 27.3 Å². The number of thiophene rings is 1. The summed E-state index contributed by atoms with van der Waals surface area (Å²) in [6.07, 6.45) is 1.81. The lowest BCUT2D eigenvalue weighted by atomic mass is 10.2. The van der Waals surface area contributed by atoms with Crippen LogP contribution >= 0.6 is 27.3 Å². The van der Waals surface area contributed by atoms with Gasteiger partial charge in [-0.2, -0.15) is 0 Å². The first kappa shape index (κ1) is 11.8. The van der Waals surface area contributed by atoms with Crippen molar-refractivity contribution in [2.75, 3.05) is 6.54 Å². The van der Waals surface area contributed by atoms with Crippen molar-refractivity contribution in [2.24, 2.45) is 7.05 Å². The molecular weight excluding hydrogens is 288 g/mol. The van der Waals surface area contributed by atoms with Crippen LogP contribution in [0.15, 0.2) is 22.1 Å². The molecule has 0 radical (unpaired) electrons. The Bertz CT molecular complexity index is 465. The van der Waals surface area contributed by atoms with E-state index >= 15 is 0 Å². The molecule has 86 valence electrons. The van der Waals surface area contributed by atoms with E-state index in [-0.39, 0.29) is 6.04 Å². The second-order valence-electron chi connectivity index (χ2n) is 3.44. The van der Waals surface area contributed by atoms with Crippen molar-refractivity contribution in [1.82, 2.24) is 20.3 Å². The van der Waals surface area contributed by atoms with Gasteiger partial charge in [-0.25, -0.2) is 0 Å². The monoisotopic (exact) mass is 300 g/mol. The Morgan fingerprint density at radius 2 is 2.44 bits per heavy atom. The predicted molar refractivity (Wildman–Crippen MR) is 68.5 cm³/mol. The molecule has 0 aliphatic carbocycles. The molecule has 0 aliphatic rings. The fourth-order valence-electron chi connectivity index (χ4n) is 1.59. The van der Waals surface area contributed by atoms with Crippen LogP contribution in [0.25, 0.3) is 0 Å². The Morgan fingerprint density at radius 3 is 2.94 bits per heavy atom. The van der Waals surface area contributed by atoms with Gasteiger partial charge in [0.05, 0.1) is 17.9 Å². The molecule has 0 saturated heterocycles. The zero-order chi connectivity index (χ0) is 11.5. The van der Waals surface area contributed by atoms with Gasteiger partial charge in [0.25, 0.3) is 0 Å². The molecule has 0 bridgehead atoms. The highest BCUT2D eigenvalue weighted by Gasteiger charge is 2.18. The molecule has 0 aromatic carbocycles. The molecule has 2 aromatic heterocycles. The maximum atomic E-state index is 3.97. The summed E-state index contributed by atoms with van der Waals surface area (Å²) in [6, 6.07) is 2.30. The first-order chi connectivity index (χ1) is 7.72. The van der Waals surface area contributed by atoms with Gasteiger partial charge in [0.1, 0.15) is 0 Å². The van der Waals surface area contributed by atoms with Crippen molar-refractivity contribution in [3.8, 4) is 0 Å². The largest absolute Gasteiger partial charge is 0.305 e. The zero-order valence-electron chi connectivity index (χ0n) is 9.14. The molecule has 2 aromatic rings. The summed E-state index contributed by atoms with van der Waals surface area (Å²) in [5.74, 6) is 0. The Kier molecular flexibility index (Phi) is 3.73. The topological polar surface area (TPSA) is 42.7 Å². The van der Waals surface area contributed by atoms with Gasteiger partial charge in [0.15, 0.2) is 0 Å². The minimum atomic E-state index is 0.168. The van der Waals surface area contributed by atoms with Crippen LogP contribution in [0.1, 0.15) is 23.5 Å². The van der Waals surface area contributed by atoms with Crippen LogP contribution in [-0.4, -0.2) is 21.5 Å². The predicted octanol–water partition coefficient (Wildman–Crippen LogP) is 2.34. The minimum Gasteiger partial charge on any atom is -0.305 e. The fourth-order valence-corrected chi connectivity index (χ4v) is 3.12. The van der Waals surface area contributed by atoms with Gasteiger partial charge in [-0.3, -0.25) is 4.68 Å². The fraction of sp³-hybridized carbons (Fsp3) is 0.400. The van der Waals surface area contributed by atoms with E-state index in [1.165, 1.54) is 4.88 Å². The molecule has 0 saturated carbocycles. The van der Waals surface area contributed by atoms with Crippen molar-refractivity contribution in [3.63, 3.8) is 0 Å². The minimum absolute atomic E-state index is 0.168. The molecule has 2 rings (SSSR count). The van der Waals surface area contributed by atoms with Crippen LogP contribution in [-0.2, 0) is 7.05 Å². The molecule has 0 aliphatic heterocycles. The van der Waals surface area contributed by atoms with Gasteiger partial charge in [-0.15, -0.1) is 16.4 Å². The van der Waals surface area contributed by atoms with Crippen molar-refractivity contribution in [1.29, 1.82) is 0 Å². The van der Waals surface area contributed by atoms with E-state index in [2.05, 4.69) is 49.9 Å². The third kappa shape index (κ3) is 2.34. The second-order valence-corrected chi connectivity index (χ2v) is 5.30. The maximum Gasteiger partial charge on any atom is 0.0858 e. The van der Waals surface area contributed by atoms with E-state index in [1.807, 2.05) is 7.05 Å². The summed E-state index contributed by atoms with van der Waals surface area (Å²) in [6.45, 7) is 3.00. The first-order valence-corrected chi connectivity index (χ1v) is 6.71. The number of nitrogens with one attached hydrogen (secondary N) is 1. The lowest BCUT2D eigenvalue weighted by Gasteiger charge is -2.15. The van der Waals surface area contributed by atoms with E-state index < -0.39 is 0 Å². The molecule has 0 amide bonds. The van der Waals surface area contributed by atoms with E-state index in [0.29, 0.717) is 0 Å². The van der Waals surface area contributed by atoms with Crippen LogP contribution in [0.2, 0.25) is 0 Å². The van der Waals surface area contributed by atoms with E-state index in [1.54, 1.807) is 22.2 Å². The summed E-state index contributed by atoms with van der Waals surface area (Å²) in [5, 5.41) is 13.4. The van der Waals surface area contributed by atoms with E-state index in [4.69, 9.17) is 0 Å². The number of hydrogen-bond donors (Lipinski definition) is 1. The summed E-state index contributed by atoms with van der Waals surface area (Å²) < 4.78 is 2.92. The number of aromatic nitrogens is 3. The van der Waals surface area contributed by atoms with Crippen LogP contribution in [0, 0.1) is 0 Å². The summed E-state index contributed by atoms with van der Waals surface area (Å²) in [7, 11) is 1.91. The van der Waals surface area contributed by atoms with E-state index in [0.717, 1.165) is 16.7 Å². The quantitative estimate of drug-likeness (QED) is 0.942. The molecule has 4 nitrogen and oxygen atoms in total. The Labute approximate surface area is 107 Å². The number of nitrogens with zero attached hydrogens (tertiary/aromatic N) is 3. The molecule has 2 heterocycles. The second kappa shape index (κ2) is 5.07. The van der Waals surface area contributed by atoms with E-state index in [9.17, 15) is 0 Å². The summed E-state index contributed by atoms with van der Waals surface area (Å²) in [5.41, 5.74) is 1.08. The zero-order valence-corrected chi connectivity index (χ0v) is 11.5. The third-order valence-corrected chi connectivity index (χ3v) is 4.08. The molecular formula is C10H13BrN4S. The highest BCUT2D eigenvalue weighted by molar-refractivity contribution is 9.10. The van der Waals surface area contributed by atoms with Gasteiger partial charge >= 0.3 is 0 Å². The molecule has 0 fully saturated rings. The van der Waals surface area contributed by atoms with Gasteiger partial charge in [0.2, 0.25) is 0 Å². The van der Waals surface area contributed by atoms with Crippen LogP contribution in [0.4, 0.5) is 0 Å². The Morgan fingerprint density at radius 1 is 1.62 bits per heavy atom. The lowest BCUT2D eigenvalue weighted by Crippen LogP contribution is -2.23. The molecule has 1 atom stereocenters. The van der Waals surface area contributed by atoms with Crippen molar-refractivity contribution < 1.29 is 0 Å². The number of rotatable bonds is 4. The van der Waals surface area contributed by atoms with Crippen molar-refractivity contribution in [3.05, 3.63) is 32.7 Å². The summed E-state index contributed by atoms with van der Waals surface area (Å²) >= 11 is 5.20. The highest BCUT2D eigenvalue weighted by atomic mass is 79.9. The normalized spacial score (nSPS) is 12.9. The average Bonchev–Trinajstić information content (AvgIpc) is 2.84. The van der Waals surface area contributed by atoms with Gasteiger partial charge in [-0.1, -0.05) is 12.1 Å². The lowest BCUT2D eigenvalue weighted by molar-refractivity contribution is 0.574. The summed E-state index contributed by atoms with van der Waals surface area (Å²) in [4.78, 5) is 1.26. The van der Waals surface area contributed by atoms with Gasteiger partial charge in [-0.05, 0) is 28.5 Å². The van der Waals surface area contributed by atoms with Crippen LogP contribution < -0.4 is 5.32 Å². The smallest absolute Gasteiger partial charge is 0.0858 e. The number of hydrogen-bond acceptors (Lipinski definition) is 4. The average molecular weight is 301 g/mol. The van der Waals surface area contributed by atoms with Gasteiger partial charge in [0, 0.05) is 21.8 Å². The van der Waals surface area contributed by atoms with Crippen molar-refractivity contribution in [2.45, 2.75) is 13.0 Å². The highest BCUT2D eigenvalue weighted by Crippen LogP contribution is 2.29. The van der Waals surface area contributed by atoms with Crippen LogP contribution in [0.3, 0.4) is 0 Å². The molecule has 1 unspecified atom stereocenters. The molecule has 16 heavy (non-hydrogen) atoms. The number of aryl methyl sites for hydroxylation is 1. The Hall–Kier alpha value is -0.720. The molecule has 6 heteroatoms. The van der Waals surface area contributed by atoms with Crippen LogP contribution in [0.5, 0.6) is 0 Å². The van der Waals surface area contributed by atoms with Gasteiger partial charge < -0.3 is 5.32 Å².